The minimum absolute atomic E-state index is 0. The quantitative estimate of drug-likeness (QED) is 0.287. The highest BCUT2D eigenvalue weighted by atomic mass is 35.5. The number of aromatic nitrogens is 4. The van der Waals surface area contributed by atoms with Crippen molar-refractivity contribution >= 4 is 30.7 Å². The van der Waals surface area contributed by atoms with Crippen LogP contribution >= 0.6 is 24.8 Å². The summed E-state index contributed by atoms with van der Waals surface area (Å²) in [4.78, 5) is 19.3. The van der Waals surface area contributed by atoms with Crippen LogP contribution in [0.5, 0.6) is 5.75 Å². The average Bonchev–Trinajstić information content (AvgIpc) is 3.57. The van der Waals surface area contributed by atoms with E-state index in [2.05, 4.69) is 49.6 Å². The fraction of sp³-hybridized carbons (Fsp3) is 0.394. The number of piperazine rings is 2. The fourth-order valence-electron chi connectivity index (χ4n) is 6.86. The Labute approximate surface area is 289 Å². The minimum Gasteiger partial charge on any atom is -0.496 e. The number of aliphatic hydroxyl groups is 1. The van der Waals surface area contributed by atoms with Crippen molar-refractivity contribution in [2.24, 2.45) is 0 Å². The molecule has 6 rings (SSSR count). The zero-order chi connectivity index (χ0) is 32.4. The number of amides is 1. The maximum atomic E-state index is 13.6. The van der Waals surface area contributed by atoms with Gasteiger partial charge in [-0.15, -0.1) is 29.9 Å². The maximum absolute atomic E-state index is 13.6. The number of benzene rings is 3. The van der Waals surface area contributed by atoms with Crippen LogP contribution in [0.4, 0.5) is 13.2 Å². The molecule has 2 aliphatic heterocycles. The van der Waals surface area contributed by atoms with E-state index in [1.165, 1.54) is 31.2 Å². The Bertz CT molecular complexity index is 1610. The molecule has 2 fully saturated rings. The van der Waals surface area contributed by atoms with E-state index in [0.29, 0.717) is 55.3 Å². The van der Waals surface area contributed by atoms with Crippen LogP contribution in [-0.4, -0.2) is 104 Å². The Kier molecular flexibility index (Phi) is 12.1. The van der Waals surface area contributed by atoms with Gasteiger partial charge in [0.25, 0.3) is 11.7 Å². The van der Waals surface area contributed by atoms with E-state index < -0.39 is 18.1 Å². The van der Waals surface area contributed by atoms with Gasteiger partial charge >= 0.3 is 6.18 Å². The second-order valence-corrected chi connectivity index (χ2v) is 11.8. The summed E-state index contributed by atoms with van der Waals surface area (Å²) in [5.74, 6) is -0.972. The summed E-state index contributed by atoms with van der Waals surface area (Å²) in [7, 11) is 1.53. The van der Waals surface area contributed by atoms with Gasteiger partial charge in [0, 0.05) is 62.8 Å². The number of hydrogen-bond donors (Lipinski definition) is 1. The monoisotopic (exact) mass is 707 g/mol. The van der Waals surface area contributed by atoms with Gasteiger partial charge in [-0.1, -0.05) is 60.7 Å². The van der Waals surface area contributed by atoms with Crippen LogP contribution in [0.15, 0.2) is 78.9 Å². The van der Waals surface area contributed by atoms with Crippen molar-refractivity contribution < 1.29 is 27.8 Å². The normalized spacial score (nSPS) is 19.2. The molecule has 0 unspecified atom stereocenters. The molecule has 10 nitrogen and oxygen atoms in total. The van der Waals surface area contributed by atoms with Gasteiger partial charge in [0.1, 0.15) is 11.9 Å². The van der Waals surface area contributed by atoms with Crippen LogP contribution in [0.1, 0.15) is 35.4 Å². The van der Waals surface area contributed by atoms with Crippen molar-refractivity contribution in [1.29, 1.82) is 0 Å². The van der Waals surface area contributed by atoms with Crippen LogP contribution in [-0.2, 0) is 17.5 Å². The average molecular weight is 709 g/mol. The van der Waals surface area contributed by atoms with E-state index in [-0.39, 0.29) is 54.4 Å². The second-order valence-electron chi connectivity index (χ2n) is 11.8. The molecule has 3 heterocycles. The summed E-state index contributed by atoms with van der Waals surface area (Å²) in [5, 5.41) is 20.1. The van der Waals surface area contributed by atoms with Crippen molar-refractivity contribution in [2.75, 3.05) is 39.8 Å². The Balaban J connectivity index is 0.00000260. The van der Waals surface area contributed by atoms with E-state index in [1.54, 1.807) is 17.0 Å². The number of hydrogen-bond acceptors (Lipinski definition) is 8. The predicted molar refractivity (Wildman–Crippen MR) is 178 cm³/mol. The third kappa shape index (κ3) is 7.76. The lowest BCUT2D eigenvalue weighted by Crippen LogP contribution is -2.67. The summed E-state index contributed by atoms with van der Waals surface area (Å²) >= 11 is 0. The Morgan fingerprint density at radius 3 is 2.19 bits per heavy atom. The lowest BCUT2D eigenvalue weighted by Gasteiger charge is -2.53. The lowest BCUT2D eigenvalue weighted by atomic mass is 9.81. The number of ether oxygens (including phenoxy) is 1. The van der Waals surface area contributed by atoms with Crippen molar-refractivity contribution in [3.05, 3.63) is 101 Å². The topological polar surface area (TPSA) is 99.8 Å². The van der Waals surface area contributed by atoms with E-state index in [0.717, 1.165) is 0 Å². The third-order valence-corrected chi connectivity index (χ3v) is 8.87. The smallest absolute Gasteiger partial charge is 0.453 e. The summed E-state index contributed by atoms with van der Waals surface area (Å²) < 4.78 is 47.2. The molecular formula is C33H38Cl2F3N7O3. The van der Waals surface area contributed by atoms with Gasteiger partial charge in [-0.25, -0.2) is 0 Å². The first-order chi connectivity index (χ1) is 22.1. The number of tetrazole rings is 1. The fourth-order valence-corrected chi connectivity index (χ4v) is 6.86. The first-order valence-electron chi connectivity index (χ1n) is 15.2. The maximum Gasteiger partial charge on any atom is 0.453 e. The van der Waals surface area contributed by atoms with E-state index in [1.807, 2.05) is 36.4 Å². The summed E-state index contributed by atoms with van der Waals surface area (Å²) in [6.45, 7) is 4.72. The number of fused-ring (bicyclic) bond motifs is 1. The zero-order valence-corrected chi connectivity index (χ0v) is 28.0. The van der Waals surface area contributed by atoms with E-state index in [4.69, 9.17) is 4.74 Å². The standard InChI is InChI=1S/C33H36F3N7O3.2ClH/c1-22(44)31(45)41-15-16-42-27(20-41)19-40(21-28(42)30(23-9-5-3-6-10-23)24-11-7-4-8-12-24)18-25-17-26(13-14-29(25)46-2)43-32(33(34,35)36)37-38-39-43;;/h3-14,17,22,27-28,30,44H,15-16,18-21H2,1-2H3;2*1H/t22-,27-,28+;;/m1../s1. The molecule has 3 atom stereocenters. The molecule has 0 saturated carbocycles. The first-order valence-corrected chi connectivity index (χ1v) is 15.2. The molecule has 48 heavy (non-hydrogen) atoms. The number of carbonyl (C=O) groups excluding carboxylic acids is 1. The van der Waals surface area contributed by atoms with Crippen LogP contribution in [0.3, 0.4) is 0 Å². The molecule has 1 aromatic heterocycles. The Morgan fingerprint density at radius 2 is 1.60 bits per heavy atom. The second kappa shape index (κ2) is 15.6. The van der Waals surface area contributed by atoms with Gasteiger partial charge in [0.15, 0.2) is 0 Å². The van der Waals surface area contributed by atoms with Gasteiger partial charge in [0.2, 0.25) is 0 Å². The molecule has 258 valence electrons. The third-order valence-electron chi connectivity index (χ3n) is 8.87. The van der Waals surface area contributed by atoms with Crippen LogP contribution in [0.2, 0.25) is 0 Å². The molecule has 1 N–H and O–H groups in total. The van der Waals surface area contributed by atoms with E-state index in [9.17, 15) is 23.1 Å². The highest BCUT2D eigenvalue weighted by molar-refractivity contribution is 5.85. The van der Waals surface area contributed by atoms with Crippen LogP contribution in [0.25, 0.3) is 5.69 Å². The lowest BCUT2D eigenvalue weighted by molar-refractivity contribution is -0.146. The predicted octanol–water partition coefficient (Wildman–Crippen LogP) is 4.44. The molecule has 0 radical (unpaired) electrons. The highest BCUT2D eigenvalue weighted by Crippen LogP contribution is 2.37. The Morgan fingerprint density at radius 1 is 0.958 bits per heavy atom. The van der Waals surface area contributed by atoms with Crippen molar-refractivity contribution in [3.8, 4) is 11.4 Å². The van der Waals surface area contributed by atoms with Gasteiger partial charge in [-0.2, -0.15) is 17.9 Å². The molecule has 3 aromatic carbocycles. The molecule has 4 aromatic rings. The number of methoxy groups -OCH3 is 1. The molecule has 2 saturated heterocycles. The number of halogens is 5. The molecule has 15 heteroatoms. The number of rotatable bonds is 8. The SMILES string of the molecule is COc1ccc(-n2nnnc2C(F)(F)F)cc1CN1C[C@@H]2CN(C(=O)[C@@H](C)O)CCN2[C@H](C(c2ccccc2)c2ccccc2)C1.Cl.Cl. The van der Waals surface area contributed by atoms with Crippen molar-refractivity contribution in [3.63, 3.8) is 0 Å². The molecular weight excluding hydrogens is 670 g/mol. The van der Waals surface area contributed by atoms with Crippen molar-refractivity contribution in [2.45, 2.75) is 43.8 Å². The number of carbonyl (C=O) groups is 1. The molecule has 2 aliphatic rings. The summed E-state index contributed by atoms with van der Waals surface area (Å²) in [6, 6.07) is 25.4. The largest absolute Gasteiger partial charge is 0.496 e. The van der Waals surface area contributed by atoms with Gasteiger partial charge in [-0.3, -0.25) is 14.6 Å². The zero-order valence-electron chi connectivity index (χ0n) is 26.4. The summed E-state index contributed by atoms with van der Waals surface area (Å²) in [6.07, 6.45) is -5.82. The number of alkyl halides is 3. The molecule has 0 bridgehead atoms. The minimum atomic E-state index is -4.73. The first kappa shape index (κ1) is 37.1. The van der Waals surface area contributed by atoms with Crippen molar-refractivity contribution in [1.82, 2.24) is 34.9 Å². The highest BCUT2D eigenvalue weighted by Gasteiger charge is 2.43. The van der Waals surface area contributed by atoms with Crippen LogP contribution < -0.4 is 4.74 Å². The van der Waals surface area contributed by atoms with Crippen LogP contribution in [0, 0.1) is 0 Å². The van der Waals surface area contributed by atoms with Gasteiger partial charge in [-0.05, 0) is 46.7 Å². The Hall–Kier alpha value is -3.75. The van der Waals surface area contributed by atoms with Gasteiger partial charge < -0.3 is 14.7 Å². The molecule has 0 aliphatic carbocycles. The molecule has 0 spiro atoms. The van der Waals surface area contributed by atoms with E-state index >= 15 is 0 Å². The number of nitrogens with zero attached hydrogens (tertiary/aromatic N) is 7. The summed E-state index contributed by atoms with van der Waals surface area (Å²) in [5.41, 5.74) is 3.18. The van der Waals surface area contributed by atoms with Gasteiger partial charge in [0.05, 0.1) is 12.8 Å². The number of aliphatic hydroxyl groups excluding tert-OH is 1. The molecule has 1 amide bonds.